The van der Waals surface area contributed by atoms with E-state index in [1.807, 2.05) is 0 Å². The molecule has 1 rings (SSSR count). The lowest BCUT2D eigenvalue weighted by Crippen LogP contribution is -2.55. The molecule has 0 saturated carbocycles. The molecule has 1 saturated heterocycles. The molecule has 0 bridgehead atoms. The Bertz CT molecular complexity index is 337. The van der Waals surface area contributed by atoms with E-state index in [9.17, 15) is 9.59 Å². The molecular weight excluding hydrogens is 200 g/mol. The number of nitrogens with zero attached hydrogens (tertiary/aromatic N) is 1. The summed E-state index contributed by atoms with van der Waals surface area (Å²) >= 11 is 0. The van der Waals surface area contributed by atoms with E-state index >= 15 is 0 Å². The summed E-state index contributed by atoms with van der Waals surface area (Å²) in [5.74, 6) is -2.51. The first-order valence-corrected chi connectivity index (χ1v) is 4.36. The molecule has 6 nitrogen and oxygen atoms in total. The highest BCUT2D eigenvalue weighted by Gasteiger charge is 2.48. The van der Waals surface area contributed by atoms with E-state index in [1.165, 1.54) is 13.8 Å². The molecule has 0 aromatic carbocycles. The molecule has 1 aliphatic rings. The Hall–Kier alpha value is -1.45. The topological polar surface area (TPSA) is 102 Å². The zero-order valence-corrected chi connectivity index (χ0v) is 8.57. The molecule has 0 unspecified atom stereocenters. The molecule has 6 heteroatoms. The van der Waals surface area contributed by atoms with Gasteiger partial charge in [-0.15, -0.1) is 0 Å². The van der Waals surface area contributed by atoms with Crippen LogP contribution in [0.15, 0.2) is 0 Å². The number of nitriles is 1. The second kappa shape index (κ2) is 3.61. The van der Waals surface area contributed by atoms with Gasteiger partial charge in [0.2, 0.25) is 11.7 Å². The molecule has 0 aromatic heterocycles. The van der Waals surface area contributed by atoms with Crippen molar-refractivity contribution in [3.05, 3.63) is 0 Å². The van der Waals surface area contributed by atoms with Crippen LogP contribution in [0.4, 0.5) is 0 Å². The van der Waals surface area contributed by atoms with Crippen LogP contribution in [0.2, 0.25) is 0 Å². The van der Waals surface area contributed by atoms with Gasteiger partial charge in [-0.3, -0.25) is 9.59 Å². The van der Waals surface area contributed by atoms with Crippen molar-refractivity contribution < 1.29 is 19.1 Å². The van der Waals surface area contributed by atoms with Crippen LogP contribution < -0.4 is 5.73 Å². The first-order chi connectivity index (χ1) is 6.86. The van der Waals surface area contributed by atoms with Crippen LogP contribution in [0.1, 0.15) is 13.8 Å². The molecular formula is C9H12N2O4. The van der Waals surface area contributed by atoms with Crippen molar-refractivity contribution in [2.45, 2.75) is 19.6 Å². The van der Waals surface area contributed by atoms with Crippen LogP contribution in [0.5, 0.6) is 0 Å². The van der Waals surface area contributed by atoms with E-state index in [2.05, 4.69) is 0 Å². The first kappa shape index (κ1) is 11.6. The second-order valence-electron chi connectivity index (χ2n) is 3.64. The van der Waals surface area contributed by atoms with E-state index in [1.54, 1.807) is 6.07 Å². The summed E-state index contributed by atoms with van der Waals surface area (Å²) in [6.07, 6.45) is 0. The number of Topliss-reactive ketones (excluding diaryl/α,β-unsaturated/α-hetero) is 1. The van der Waals surface area contributed by atoms with Gasteiger partial charge in [0.15, 0.2) is 11.2 Å². The van der Waals surface area contributed by atoms with Gasteiger partial charge >= 0.3 is 0 Å². The molecule has 0 radical (unpaired) electrons. The molecule has 1 aliphatic heterocycles. The van der Waals surface area contributed by atoms with E-state index in [0.717, 1.165) is 0 Å². The molecule has 82 valence electrons. The standard InChI is InChI=1S/C9H12N2O4/c1-6(12)8(2)14-4-9(3-10,5-15-8)7(11)13/h4-5H2,1-2H3,(H2,11,13). The maximum absolute atomic E-state index is 11.1. The minimum atomic E-state index is -1.49. The lowest BCUT2D eigenvalue weighted by atomic mass is 9.90. The number of hydrogen-bond donors (Lipinski definition) is 1. The summed E-state index contributed by atoms with van der Waals surface area (Å²) in [4.78, 5) is 22.2. The normalized spacial score (nSPS) is 35.5. The minimum absolute atomic E-state index is 0.227. The molecule has 1 amide bonds. The number of nitrogens with two attached hydrogens (primary N) is 1. The monoisotopic (exact) mass is 212 g/mol. The Morgan fingerprint density at radius 2 is 1.87 bits per heavy atom. The maximum atomic E-state index is 11.1. The van der Waals surface area contributed by atoms with Gasteiger partial charge in [0, 0.05) is 6.92 Å². The van der Waals surface area contributed by atoms with Crippen molar-refractivity contribution in [1.29, 1.82) is 5.26 Å². The van der Waals surface area contributed by atoms with Crippen LogP contribution in [-0.2, 0) is 19.1 Å². The molecule has 15 heavy (non-hydrogen) atoms. The van der Waals surface area contributed by atoms with Crippen LogP contribution in [0, 0.1) is 16.7 Å². The average Bonchev–Trinajstić information content (AvgIpc) is 2.19. The zero-order chi connectivity index (χ0) is 11.7. The highest BCUT2D eigenvalue weighted by atomic mass is 16.7. The SMILES string of the molecule is CC(=O)C1(C)OCC(C#N)(C(N)=O)CO1. The van der Waals surface area contributed by atoms with E-state index in [0.29, 0.717) is 0 Å². The molecule has 0 aromatic rings. The summed E-state index contributed by atoms with van der Waals surface area (Å²) in [5.41, 5.74) is 3.58. The summed E-state index contributed by atoms with van der Waals surface area (Å²) in [6.45, 7) is 2.30. The quantitative estimate of drug-likeness (QED) is 0.654. The fourth-order valence-electron chi connectivity index (χ4n) is 1.07. The highest BCUT2D eigenvalue weighted by Crippen LogP contribution is 2.29. The van der Waals surface area contributed by atoms with Gasteiger partial charge in [-0.2, -0.15) is 5.26 Å². The predicted molar refractivity (Wildman–Crippen MR) is 48.2 cm³/mol. The Kier molecular flexibility index (Phi) is 2.79. The number of rotatable bonds is 2. The van der Waals surface area contributed by atoms with Crippen LogP contribution in [-0.4, -0.2) is 30.7 Å². The van der Waals surface area contributed by atoms with E-state index in [-0.39, 0.29) is 19.0 Å². The third-order valence-corrected chi connectivity index (χ3v) is 2.51. The molecule has 0 atom stereocenters. The Balaban J connectivity index is 2.83. The molecule has 1 fully saturated rings. The molecule has 1 heterocycles. The lowest BCUT2D eigenvalue weighted by molar-refractivity contribution is -0.264. The summed E-state index contributed by atoms with van der Waals surface area (Å²) in [5, 5.41) is 8.82. The smallest absolute Gasteiger partial charge is 0.242 e. The zero-order valence-electron chi connectivity index (χ0n) is 8.57. The first-order valence-electron chi connectivity index (χ1n) is 4.36. The molecule has 0 aliphatic carbocycles. The number of carbonyl (C=O) groups is 2. The number of hydrogen-bond acceptors (Lipinski definition) is 5. The maximum Gasteiger partial charge on any atom is 0.242 e. The number of ketones is 1. The van der Waals surface area contributed by atoms with Crippen molar-refractivity contribution in [3.8, 4) is 6.07 Å². The van der Waals surface area contributed by atoms with Crippen LogP contribution >= 0.6 is 0 Å². The number of amides is 1. The molecule has 0 spiro atoms. The van der Waals surface area contributed by atoms with Crippen molar-refractivity contribution in [3.63, 3.8) is 0 Å². The number of ether oxygens (including phenoxy) is 2. The van der Waals surface area contributed by atoms with Crippen LogP contribution in [0.3, 0.4) is 0 Å². The van der Waals surface area contributed by atoms with Gasteiger partial charge in [0.05, 0.1) is 19.3 Å². The van der Waals surface area contributed by atoms with Gasteiger partial charge in [-0.25, -0.2) is 0 Å². The van der Waals surface area contributed by atoms with Crippen LogP contribution in [0.25, 0.3) is 0 Å². The van der Waals surface area contributed by atoms with Gasteiger partial charge < -0.3 is 15.2 Å². The molecule has 2 N–H and O–H groups in total. The van der Waals surface area contributed by atoms with Gasteiger partial charge in [0.25, 0.3) is 0 Å². The van der Waals surface area contributed by atoms with Crippen molar-refractivity contribution in [2.75, 3.05) is 13.2 Å². The summed E-state index contributed by atoms with van der Waals surface area (Å²) < 4.78 is 10.2. The highest BCUT2D eigenvalue weighted by molar-refractivity contribution is 5.86. The second-order valence-corrected chi connectivity index (χ2v) is 3.64. The number of carbonyl (C=O) groups excluding carboxylic acids is 2. The Morgan fingerprint density at radius 3 is 2.13 bits per heavy atom. The minimum Gasteiger partial charge on any atom is -0.368 e. The fourth-order valence-corrected chi connectivity index (χ4v) is 1.07. The summed E-state index contributed by atoms with van der Waals surface area (Å²) in [7, 11) is 0. The fraction of sp³-hybridized carbons (Fsp3) is 0.667. The Morgan fingerprint density at radius 1 is 1.40 bits per heavy atom. The van der Waals surface area contributed by atoms with E-state index in [4.69, 9.17) is 20.5 Å². The van der Waals surface area contributed by atoms with Gasteiger partial charge in [-0.1, -0.05) is 0 Å². The van der Waals surface area contributed by atoms with Crippen molar-refractivity contribution >= 4 is 11.7 Å². The van der Waals surface area contributed by atoms with E-state index < -0.39 is 17.1 Å². The number of primary amides is 1. The van der Waals surface area contributed by atoms with Gasteiger partial charge in [-0.05, 0) is 6.92 Å². The van der Waals surface area contributed by atoms with Crippen molar-refractivity contribution in [2.24, 2.45) is 11.1 Å². The predicted octanol–water partition coefficient (Wildman–Crippen LogP) is -0.666. The lowest BCUT2D eigenvalue weighted by Gasteiger charge is -2.38. The van der Waals surface area contributed by atoms with Gasteiger partial charge in [0.1, 0.15) is 0 Å². The van der Waals surface area contributed by atoms with Crippen molar-refractivity contribution in [1.82, 2.24) is 0 Å². The largest absolute Gasteiger partial charge is 0.368 e. The Labute approximate surface area is 86.9 Å². The third-order valence-electron chi connectivity index (χ3n) is 2.51. The third kappa shape index (κ3) is 1.84. The summed E-state index contributed by atoms with van der Waals surface area (Å²) in [6, 6.07) is 1.76. The average molecular weight is 212 g/mol.